The van der Waals surface area contributed by atoms with Crippen LogP contribution in [0, 0.1) is 0 Å². The fourth-order valence-corrected chi connectivity index (χ4v) is 0.895. The Morgan fingerprint density at radius 2 is 2.50 bits per heavy atom. The van der Waals surface area contributed by atoms with Gasteiger partial charge in [-0.15, -0.1) is 0 Å². The van der Waals surface area contributed by atoms with Crippen LogP contribution in [0.3, 0.4) is 0 Å². The summed E-state index contributed by atoms with van der Waals surface area (Å²) in [5.74, 6) is -0.265. The second kappa shape index (κ2) is 2.94. The van der Waals surface area contributed by atoms with Crippen LogP contribution < -0.4 is 0 Å². The van der Waals surface area contributed by atoms with E-state index in [0.29, 0.717) is 6.61 Å². The van der Waals surface area contributed by atoms with Crippen molar-refractivity contribution in [2.45, 2.75) is 19.1 Å². The highest BCUT2D eigenvalue weighted by Gasteiger charge is 2.27. The largest absolute Gasteiger partial charge is 0.382 e. The Balaban J connectivity index is 2.49. The van der Waals surface area contributed by atoms with Gasteiger partial charge in [0.15, 0.2) is 5.78 Å². The van der Waals surface area contributed by atoms with Crippen LogP contribution >= 0.6 is 0 Å². The molecule has 0 heterocycles. The lowest BCUT2D eigenvalue weighted by Crippen LogP contribution is -2.28. The highest BCUT2D eigenvalue weighted by molar-refractivity contribution is 5.96. The lowest BCUT2D eigenvalue weighted by Gasteiger charge is -2.11. The van der Waals surface area contributed by atoms with Crippen molar-refractivity contribution < 1.29 is 14.6 Å². The average Bonchev–Trinajstić information content (AvgIpc) is 2.20. The predicted octanol–water partition coefficient (Wildman–Crippen LogP) is -0.109. The normalized spacial score (nSPS) is 31.6. The Hall–Kier alpha value is -0.670. The van der Waals surface area contributed by atoms with Crippen LogP contribution in [-0.2, 0) is 9.53 Å². The Morgan fingerprint density at radius 1 is 1.80 bits per heavy atom. The minimum atomic E-state index is -0.972. The highest BCUT2D eigenvalue weighted by atomic mass is 16.5. The third-order valence-corrected chi connectivity index (χ3v) is 1.41. The van der Waals surface area contributed by atoms with E-state index in [0.717, 1.165) is 0 Å². The van der Waals surface area contributed by atoms with Crippen LogP contribution in [-0.4, -0.2) is 29.7 Å². The van der Waals surface area contributed by atoms with Crippen LogP contribution in [0.4, 0.5) is 0 Å². The molecule has 1 N–H and O–H groups in total. The van der Waals surface area contributed by atoms with Gasteiger partial charge >= 0.3 is 0 Å². The van der Waals surface area contributed by atoms with Crippen LogP contribution in [0.2, 0.25) is 0 Å². The maximum Gasteiger partial charge on any atom is 0.186 e. The zero-order chi connectivity index (χ0) is 7.56. The second-order valence-electron chi connectivity index (χ2n) is 2.13. The molecule has 3 heteroatoms. The number of aliphatic hydroxyl groups excluding tert-OH is 1. The number of carbonyl (C=O) groups excluding carboxylic acids is 1. The van der Waals surface area contributed by atoms with Gasteiger partial charge in [0, 0.05) is 6.61 Å². The molecule has 0 amide bonds. The summed E-state index contributed by atoms with van der Waals surface area (Å²) in [6, 6.07) is 0. The fourth-order valence-electron chi connectivity index (χ4n) is 0.895. The monoisotopic (exact) mass is 142 g/mol. The van der Waals surface area contributed by atoms with Crippen molar-refractivity contribution in [1.29, 1.82) is 0 Å². The SMILES string of the molecule is CCOC1C=CC(=O)C1O. The number of aliphatic hydroxyl groups is 1. The van der Waals surface area contributed by atoms with Gasteiger partial charge in [-0.25, -0.2) is 0 Å². The fraction of sp³-hybridized carbons (Fsp3) is 0.571. The summed E-state index contributed by atoms with van der Waals surface area (Å²) >= 11 is 0. The van der Waals surface area contributed by atoms with Gasteiger partial charge in [0.05, 0.1) is 0 Å². The average molecular weight is 142 g/mol. The summed E-state index contributed by atoms with van der Waals surface area (Å²) in [6.45, 7) is 2.34. The first kappa shape index (κ1) is 7.44. The summed E-state index contributed by atoms with van der Waals surface area (Å²) in [4.78, 5) is 10.6. The molecule has 2 unspecified atom stereocenters. The number of ether oxygens (including phenoxy) is 1. The number of hydrogen-bond donors (Lipinski definition) is 1. The molecular formula is C7H10O3. The third kappa shape index (κ3) is 1.25. The van der Waals surface area contributed by atoms with Gasteiger partial charge in [0.1, 0.15) is 12.2 Å². The maximum absolute atomic E-state index is 10.6. The van der Waals surface area contributed by atoms with Crippen LogP contribution in [0.5, 0.6) is 0 Å². The molecule has 0 aromatic carbocycles. The van der Waals surface area contributed by atoms with E-state index in [4.69, 9.17) is 9.84 Å². The van der Waals surface area contributed by atoms with Crippen molar-refractivity contribution in [2.24, 2.45) is 0 Å². The molecule has 0 fully saturated rings. The molecule has 0 saturated carbocycles. The molecule has 0 aromatic rings. The molecule has 0 saturated heterocycles. The Morgan fingerprint density at radius 3 is 2.90 bits per heavy atom. The Bertz CT molecular complexity index is 162. The Kier molecular flexibility index (Phi) is 2.19. The lowest BCUT2D eigenvalue weighted by molar-refractivity contribution is -0.126. The van der Waals surface area contributed by atoms with Crippen molar-refractivity contribution in [2.75, 3.05) is 6.61 Å². The first-order valence-electron chi connectivity index (χ1n) is 3.27. The standard InChI is InChI=1S/C7H10O3/c1-2-10-6-4-3-5(8)7(6)9/h3-4,6-7,9H,2H2,1H3. The first-order chi connectivity index (χ1) is 4.75. The van der Waals surface area contributed by atoms with Gasteiger partial charge in [0.25, 0.3) is 0 Å². The molecule has 1 aliphatic carbocycles. The van der Waals surface area contributed by atoms with Gasteiger partial charge in [-0.3, -0.25) is 4.79 Å². The highest BCUT2D eigenvalue weighted by Crippen LogP contribution is 2.10. The van der Waals surface area contributed by atoms with E-state index >= 15 is 0 Å². The van der Waals surface area contributed by atoms with Crippen molar-refractivity contribution in [1.82, 2.24) is 0 Å². The van der Waals surface area contributed by atoms with Gasteiger partial charge in [0.2, 0.25) is 0 Å². The molecule has 56 valence electrons. The second-order valence-corrected chi connectivity index (χ2v) is 2.13. The summed E-state index contributed by atoms with van der Waals surface area (Å²) in [5, 5.41) is 9.05. The number of ketones is 1. The third-order valence-electron chi connectivity index (χ3n) is 1.41. The number of carbonyl (C=O) groups is 1. The van der Waals surface area contributed by atoms with Gasteiger partial charge in [-0.05, 0) is 19.1 Å². The molecule has 1 aliphatic rings. The number of rotatable bonds is 2. The van der Waals surface area contributed by atoms with Crippen LogP contribution in [0.1, 0.15) is 6.92 Å². The van der Waals surface area contributed by atoms with E-state index in [1.54, 1.807) is 6.08 Å². The zero-order valence-electron chi connectivity index (χ0n) is 5.78. The Labute approximate surface area is 59.3 Å². The van der Waals surface area contributed by atoms with Crippen molar-refractivity contribution in [3.8, 4) is 0 Å². The zero-order valence-corrected chi connectivity index (χ0v) is 5.78. The van der Waals surface area contributed by atoms with Crippen molar-refractivity contribution >= 4 is 5.78 Å². The first-order valence-corrected chi connectivity index (χ1v) is 3.27. The van der Waals surface area contributed by atoms with Gasteiger partial charge < -0.3 is 9.84 Å². The molecule has 0 spiro atoms. The van der Waals surface area contributed by atoms with Crippen LogP contribution in [0.25, 0.3) is 0 Å². The predicted molar refractivity (Wildman–Crippen MR) is 35.6 cm³/mol. The molecule has 0 radical (unpaired) electrons. The summed E-state index contributed by atoms with van der Waals surface area (Å²) in [6.07, 6.45) is 1.54. The van der Waals surface area contributed by atoms with Crippen LogP contribution in [0.15, 0.2) is 12.2 Å². The van der Waals surface area contributed by atoms with E-state index in [2.05, 4.69) is 0 Å². The molecule has 2 atom stereocenters. The smallest absolute Gasteiger partial charge is 0.186 e. The molecule has 3 nitrogen and oxygen atoms in total. The van der Waals surface area contributed by atoms with Crippen molar-refractivity contribution in [3.63, 3.8) is 0 Å². The van der Waals surface area contributed by atoms with E-state index in [1.165, 1.54) is 6.08 Å². The van der Waals surface area contributed by atoms with E-state index in [-0.39, 0.29) is 5.78 Å². The summed E-state index contributed by atoms with van der Waals surface area (Å²) in [5.41, 5.74) is 0. The van der Waals surface area contributed by atoms with Gasteiger partial charge in [-0.1, -0.05) is 0 Å². The summed E-state index contributed by atoms with van der Waals surface area (Å²) < 4.78 is 5.03. The number of hydrogen-bond acceptors (Lipinski definition) is 3. The molecule has 10 heavy (non-hydrogen) atoms. The van der Waals surface area contributed by atoms with E-state index in [9.17, 15) is 4.79 Å². The van der Waals surface area contributed by atoms with Crippen molar-refractivity contribution in [3.05, 3.63) is 12.2 Å². The molecule has 0 bridgehead atoms. The van der Waals surface area contributed by atoms with E-state index < -0.39 is 12.2 Å². The lowest BCUT2D eigenvalue weighted by atomic mass is 10.2. The molecular weight excluding hydrogens is 132 g/mol. The molecule has 0 aromatic heterocycles. The molecule has 1 rings (SSSR count). The minimum Gasteiger partial charge on any atom is -0.382 e. The van der Waals surface area contributed by atoms with E-state index in [1.807, 2.05) is 6.92 Å². The summed E-state index contributed by atoms with van der Waals surface area (Å²) in [7, 11) is 0. The maximum atomic E-state index is 10.6. The van der Waals surface area contributed by atoms with Gasteiger partial charge in [-0.2, -0.15) is 0 Å². The quantitative estimate of drug-likeness (QED) is 0.585. The minimum absolute atomic E-state index is 0.265. The topological polar surface area (TPSA) is 46.5 Å². The molecule has 0 aliphatic heterocycles.